The maximum absolute atomic E-state index is 12.3. The molecule has 2 aromatic heterocycles. The summed E-state index contributed by atoms with van der Waals surface area (Å²) in [6.07, 6.45) is 1.69. The number of pyridine rings is 2. The third-order valence-electron chi connectivity index (χ3n) is 4.68. The predicted octanol–water partition coefficient (Wildman–Crippen LogP) is 4.28. The molecule has 0 fully saturated rings. The lowest BCUT2D eigenvalue weighted by atomic mass is 9.98. The molecule has 2 heterocycles. The summed E-state index contributed by atoms with van der Waals surface area (Å²) in [6, 6.07) is 20.8. The summed E-state index contributed by atoms with van der Waals surface area (Å²) < 4.78 is 4.96. The van der Waals surface area contributed by atoms with Crippen LogP contribution in [0.1, 0.15) is 15.9 Å². The van der Waals surface area contributed by atoms with Gasteiger partial charge in [0.2, 0.25) is 0 Å². The Morgan fingerprint density at radius 1 is 1.07 bits per heavy atom. The lowest BCUT2D eigenvalue weighted by Crippen LogP contribution is -2.09. The first-order valence-electron chi connectivity index (χ1n) is 9.18. The zero-order valence-electron chi connectivity index (χ0n) is 15.9. The Hall–Kier alpha value is -3.93. The van der Waals surface area contributed by atoms with Crippen molar-refractivity contribution in [2.75, 3.05) is 18.2 Å². The SMILES string of the molecule is COC(=O)c1ccccc1-c1nc2ccccc2cc1CNc1ncccc1N. The van der Waals surface area contributed by atoms with Crippen molar-refractivity contribution in [1.29, 1.82) is 0 Å². The Morgan fingerprint density at radius 2 is 1.86 bits per heavy atom. The van der Waals surface area contributed by atoms with Crippen LogP contribution in [-0.4, -0.2) is 23.0 Å². The van der Waals surface area contributed by atoms with Crippen LogP contribution in [0.15, 0.2) is 72.9 Å². The number of rotatable bonds is 5. The molecular formula is C23H20N4O2. The van der Waals surface area contributed by atoms with Gasteiger partial charge in [-0.1, -0.05) is 36.4 Å². The number of methoxy groups -OCH3 is 1. The van der Waals surface area contributed by atoms with Gasteiger partial charge in [0.1, 0.15) is 5.82 Å². The lowest BCUT2D eigenvalue weighted by Gasteiger charge is -2.15. The van der Waals surface area contributed by atoms with Crippen LogP contribution in [0, 0.1) is 0 Å². The van der Waals surface area contributed by atoms with Gasteiger partial charge in [-0.15, -0.1) is 0 Å². The monoisotopic (exact) mass is 384 g/mol. The Labute approximate surface area is 168 Å². The highest BCUT2D eigenvalue weighted by Gasteiger charge is 2.17. The van der Waals surface area contributed by atoms with Gasteiger partial charge in [-0.3, -0.25) is 0 Å². The summed E-state index contributed by atoms with van der Waals surface area (Å²) in [5, 5.41) is 4.29. The summed E-state index contributed by atoms with van der Waals surface area (Å²) >= 11 is 0. The van der Waals surface area contributed by atoms with Crippen LogP contribution in [0.4, 0.5) is 11.5 Å². The number of para-hydroxylation sites is 1. The number of anilines is 2. The molecule has 2 aromatic carbocycles. The minimum Gasteiger partial charge on any atom is -0.465 e. The highest BCUT2D eigenvalue weighted by atomic mass is 16.5. The number of ether oxygens (including phenoxy) is 1. The Balaban J connectivity index is 1.83. The normalized spacial score (nSPS) is 10.7. The number of nitrogens with zero attached hydrogens (tertiary/aromatic N) is 2. The average molecular weight is 384 g/mol. The molecular weight excluding hydrogens is 364 g/mol. The standard InChI is InChI=1S/C23H20N4O2/c1-29-23(28)18-9-4-3-8-17(18)21-16(13-15-7-2-5-11-20(15)27-21)14-26-22-19(24)10-6-12-25-22/h2-13H,14,24H2,1H3,(H,25,26). The van der Waals surface area contributed by atoms with Crippen LogP contribution in [0.5, 0.6) is 0 Å². The third-order valence-corrected chi connectivity index (χ3v) is 4.68. The Morgan fingerprint density at radius 3 is 2.69 bits per heavy atom. The number of hydrogen-bond acceptors (Lipinski definition) is 6. The van der Waals surface area contributed by atoms with E-state index in [9.17, 15) is 4.79 Å². The average Bonchev–Trinajstić information content (AvgIpc) is 2.77. The van der Waals surface area contributed by atoms with Crippen molar-refractivity contribution in [2.45, 2.75) is 6.54 Å². The molecule has 0 saturated carbocycles. The number of esters is 1. The second kappa shape index (κ2) is 7.98. The molecule has 0 spiro atoms. The zero-order chi connectivity index (χ0) is 20.2. The zero-order valence-corrected chi connectivity index (χ0v) is 15.9. The molecule has 0 saturated heterocycles. The molecule has 6 heteroatoms. The van der Waals surface area contributed by atoms with Crippen molar-refractivity contribution >= 4 is 28.4 Å². The summed E-state index contributed by atoms with van der Waals surface area (Å²) in [6.45, 7) is 0.448. The highest BCUT2D eigenvalue weighted by Crippen LogP contribution is 2.30. The largest absolute Gasteiger partial charge is 0.465 e. The topological polar surface area (TPSA) is 90.1 Å². The highest BCUT2D eigenvalue weighted by molar-refractivity contribution is 5.98. The van der Waals surface area contributed by atoms with Crippen LogP contribution in [0.25, 0.3) is 22.2 Å². The van der Waals surface area contributed by atoms with Gasteiger partial charge in [-0.25, -0.2) is 14.8 Å². The number of aromatic nitrogens is 2. The maximum atomic E-state index is 12.3. The maximum Gasteiger partial charge on any atom is 0.338 e. The third kappa shape index (κ3) is 3.73. The molecule has 4 rings (SSSR count). The van der Waals surface area contributed by atoms with E-state index in [1.807, 2.05) is 42.5 Å². The Bertz CT molecular complexity index is 1190. The van der Waals surface area contributed by atoms with Crippen LogP contribution < -0.4 is 11.1 Å². The first kappa shape index (κ1) is 18.4. The van der Waals surface area contributed by atoms with E-state index in [1.165, 1.54) is 7.11 Å². The predicted molar refractivity (Wildman–Crippen MR) is 114 cm³/mol. The van der Waals surface area contributed by atoms with Crippen molar-refractivity contribution in [1.82, 2.24) is 9.97 Å². The first-order valence-corrected chi connectivity index (χ1v) is 9.18. The van der Waals surface area contributed by atoms with E-state index in [2.05, 4.69) is 16.4 Å². The van der Waals surface area contributed by atoms with Crippen molar-refractivity contribution in [3.8, 4) is 11.3 Å². The van der Waals surface area contributed by atoms with Crippen LogP contribution in [0.3, 0.4) is 0 Å². The lowest BCUT2D eigenvalue weighted by molar-refractivity contribution is 0.0601. The van der Waals surface area contributed by atoms with E-state index >= 15 is 0 Å². The second-order valence-electron chi connectivity index (χ2n) is 6.52. The van der Waals surface area contributed by atoms with Crippen molar-refractivity contribution in [3.05, 3.63) is 84.1 Å². The summed E-state index contributed by atoms with van der Waals surface area (Å²) in [4.78, 5) is 21.5. The molecule has 0 aliphatic heterocycles. The molecule has 4 aromatic rings. The van der Waals surface area contributed by atoms with Gasteiger partial charge in [-0.2, -0.15) is 0 Å². The number of nitrogen functional groups attached to an aromatic ring is 1. The van der Waals surface area contributed by atoms with Crippen LogP contribution >= 0.6 is 0 Å². The number of carbonyl (C=O) groups excluding carboxylic acids is 1. The smallest absolute Gasteiger partial charge is 0.338 e. The molecule has 0 aliphatic rings. The number of nitrogens with two attached hydrogens (primary N) is 1. The van der Waals surface area contributed by atoms with Crippen molar-refractivity contribution in [3.63, 3.8) is 0 Å². The number of hydrogen-bond donors (Lipinski definition) is 2. The van der Waals surface area contributed by atoms with Crippen molar-refractivity contribution in [2.24, 2.45) is 0 Å². The molecule has 0 unspecified atom stereocenters. The fourth-order valence-corrected chi connectivity index (χ4v) is 3.25. The van der Waals surface area contributed by atoms with E-state index in [1.54, 1.807) is 24.4 Å². The van der Waals surface area contributed by atoms with Gasteiger partial charge < -0.3 is 15.8 Å². The van der Waals surface area contributed by atoms with E-state index in [0.717, 1.165) is 22.0 Å². The Kier molecular flexibility index (Phi) is 5.07. The van der Waals surface area contributed by atoms with Crippen LogP contribution in [-0.2, 0) is 11.3 Å². The van der Waals surface area contributed by atoms with Gasteiger partial charge >= 0.3 is 5.97 Å². The van der Waals surface area contributed by atoms with E-state index in [-0.39, 0.29) is 0 Å². The second-order valence-corrected chi connectivity index (χ2v) is 6.52. The molecule has 0 bridgehead atoms. The van der Waals surface area contributed by atoms with Gasteiger partial charge in [0.05, 0.1) is 29.6 Å². The summed E-state index contributed by atoms with van der Waals surface area (Å²) in [5.74, 6) is 0.205. The molecule has 6 nitrogen and oxygen atoms in total. The van der Waals surface area contributed by atoms with Crippen molar-refractivity contribution < 1.29 is 9.53 Å². The molecule has 144 valence electrons. The van der Waals surface area contributed by atoms with Gasteiger partial charge in [0, 0.05) is 23.7 Å². The summed E-state index contributed by atoms with van der Waals surface area (Å²) in [5.41, 5.74) is 10.2. The van der Waals surface area contributed by atoms with E-state index in [0.29, 0.717) is 29.3 Å². The molecule has 0 radical (unpaired) electrons. The molecule has 0 atom stereocenters. The minimum atomic E-state index is -0.400. The fraction of sp³-hybridized carbons (Fsp3) is 0.0870. The molecule has 29 heavy (non-hydrogen) atoms. The van der Waals surface area contributed by atoms with Gasteiger partial charge in [0.25, 0.3) is 0 Å². The van der Waals surface area contributed by atoms with Crippen LogP contribution in [0.2, 0.25) is 0 Å². The summed E-state index contributed by atoms with van der Waals surface area (Å²) in [7, 11) is 1.37. The minimum absolute atomic E-state index is 0.400. The van der Waals surface area contributed by atoms with Gasteiger partial charge in [-0.05, 0) is 35.9 Å². The number of benzene rings is 2. The van der Waals surface area contributed by atoms with E-state index in [4.69, 9.17) is 15.5 Å². The first-order chi connectivity index (χ1) is 14.2. The number of carbonyl (C=O) groups is 1. The number of fused-ring (bicyclic) bond motifs is 1. The quantitative estimate of drug-likeness (QED) is 0.499. The van der Waals surface area contributed by atoms with Gasteiger partial charge in [0.15, 0.2) is 0 Å². The molecule has 3 N–H and O–H groups in total. The molecule has 0 aliphatic carbocycles. The fourth-order valence-electron chi connectivity index (χ4n) is 3.25. The number of nitrogens with one attached hydrogen (secondary N) is 1. The van der Waals surface area contributed by atoms with E-state index < -0.39 is 5.97 Å². The molecule has 0 amide bonds.